The van der Waals surface area contributed by atoms with E-state index in [-0.39, 0.29) is 0 Å². The summed E-state index contributed by atoms with van der Waals surface area (Å²) >= 11 is 0. The smallest absolute Gasteiger partial charge is 0.0731 e. The van der Waals surface area contributed by atoms with Crippen molar-refractivity contribution in [1.82, 2.24) is 24.6 Å². The highest BCUT2D eigenvalue weighted by atomic mass is 16.5. The van der Waals surface area contributed by atoms with Gasteiger partial charge in [0.15, 0.2) is 0 Å². The van der Waals surface area contributed by atoms with Gasteiger partial charge in [-0.3, -0.25) is 19.5 Å². The average molecular weight is 370 g/mol. The van der Waals surface area contributed by atoms with E-state index in [1.165, 1.54) is 25.1 Å². The van der Waals surface area contributed by atoms with Crippen LogP contribution in [0.2, 0.25) is 0 Å². The number of aromatic nitrogens is 3. The molecule has 2 saturated heterocycles. The van der Waals surface area contributed by atoms with E-state index in [1.54, 1.807) is 6.20 Å². The molecule has 0 N–H and O–H groups in total. The van der Waals surface area contributed by atoms with Crippen LogP contribution in [0.3, 0.4) is 0 Å². The molecule has 0 bridgehead atoms. The molecule has 0 aliphatic carbocycles. The zero-order chi connectivity index (χ0) is 18.9. The summed E-state index contributed by atoms with van der Waals surface area (Å²) in [6.07, 6.45) is 6.16. The SMILES string of the molecule is Cc1cc(CN2CC3(C[C@H](COCc4cccnc4)CCN3C)C2)n(C)n1. The number of pyridine rings is 1. The Morgan fingerprint density at radius 2 is 2.15 bits per heavy atom. The fourth-order valence-corrected chi connectivity index (χ4v) is 4.69. The summed E-state index contributed by atoms with van der Waals surface area (Å²) in [7, 11) is 4.33. The summed E-state index contributed by atoms with van der Waals surface area (Å²) in [5.74, 6) is 0.652. The molecule has 1 atom stereocenters. The van der Waals surface area contributed by atoms with Crippen molar-refractivity contribution in [2.45, 2.75) is 38.5 Å². The normalized spacial score (nSPS) is 22.9. The Kier molecular flexibility index (Phi) is 5.30. The van der Waals surface area contributed by atoms with Crippen molar-refractivity contribution in [3.05, 3.63) is 47.5 Å². The van der Waals surface area contributed by atoms with E-state index in [4.69, 9.17) is 4.74 Å². The van der Waals surface area contributed by atoms with Gasteiger partial charge in [0.05, 0.1) is 18.0 Å². The van der Waals surface area contributed by atoms with Crippen LogP contribution < -0.4 is 0 Å². The molecule has 2 fully saturated rings. The Balaban J connectivity index is 1.27. The molecule has 0 amide bonds. The van der Waals surface area contributed by atoms with E-state index in [9.17, 15) is 0 Å². The topological polar surface area (TPSA) is 46.4 Å². The molecule has 0 aromatic carbocycles. The van der Waals surface area contributed by atoms with Gasteiger partial charge in [-0.05, 0) is 57.0 Å². The summed E-state index contributed by atoms with van der Waals surface area (Å²) in [5, 5.41) is 4.47. The van der Waals surface area contributed by atoms with Crippen molar-refractivity contribution in [1.29, 1.82) is 0 Å². The third-order valence-corrected chi connectivity index (χ3v) is 6.22. The van der Waals surface area contributed by atoms with Crippen molar-refractivity contribution in [2.24, 2.45) is 13.0 Å². The summed E-state index contributed by atoms with van der Waals surface area (Å²) in [5.41, 5.74) is 3.88. The van der Waals surface area contributed by atoms with Crippen LogP contribution >= 0.6 is 0 Å². The highest BCUT2D eigenvalue weighted by molar-refractivity contribution is 5.12. The Hall–Kier alpha value is -1.76. The molecule has 0 unspecified atom stereocenters. The first kappa shape index (κ1) is 18.6. The van der Waals surface area contributed by atoms with Crippen LogP contribution in [0.4, 0.5) is 0 Å². The maximum atomic E-state index is 6.01. The molecule has 2 aliphatic heterocycles. The van der Waals surface area contributed by atoms with Crippen molar-refractivity contribution in [3.8, 4) is 0 Å². The summed E-state index contributed by atoms with van der Waals surface area (Å²) in [4.78, 5) is 9.28. The summed E-state index contributed by atoms with van der Waals surface area (Å²) < 4.78 is 8.03. The lowest BCUT2D eigenvalue weighted by molar-refractivity contribution is -0.0941. The molecule has 2 aromatic heterocycles. The van der Waals surface area contributed by atoms with Gasteiger partial charge in [0, 0.05) is 51.2 Å². The fourth-order valence-electron chi connectivity index (χ4n) is 4.69. The molecular formula is C21H31N5O. The monoisotopic (exact) mass is 369 g/mol. The number of piperidine rings is 1. The number of likely N-dealkylation sites (N-methyl/N-ethyl adjacent to an activating group) is 1. The number of rotatable bonds is 6. The predicted octanol–water partition coefficient (Wildman–Crippen LogP) is 2.24. The van der Waals surface area contributed by atoms with Crippen molar-refractivity contribution >= 4 is 0 Å². The van der Waals surface area contributed by atoms with Gasteiger partial charge in [0.1, 0.15) is 0 Å². The molecule has 6 heteroatoms. The van der Waals surface area contributed by atoms with Gasteiger partial charge in [-0.1, -0.05) is 6.07 Å². The Morgan fingerprint density at radius 1 is 1.30 bits per heavy atom. The van der Waals surface area contributed by atoms with Gasteiger partial charge < -0.3 is 4.74 Å². The molecule has 2 aromatic rings. The van der Waals surface area contributed by atoms with Crippen molar-refractivity contribution in [2.75, 3.05) is 33.3 Å². The minimum Gasteiger partial charge on any atom is -0.376 e. The lowest BCUT2D eigenvalue weighted by Gasteiger charge is -2.58. The molecule has 0 radical (unpaired) electrons. The van der Waals surface area contributed by atoms with Crippen LogP contribution in [0.1, 0.15) is 29.8 Å². The van der Waals surface area contributed by atoms with Crippen LogP contribution in [0.25, 0.3) is 0 Å². The largest absolute Gasteiger partial charge is 0.376 e. The zero-order valence-corrected chi connectivity index (χ0v) is 16.8. The summed E-state index contributed by atoms with van der Waals surface area (Å²) in [6, 6.07) is 6.24. The van der Waals surface area contributed by atoms with E-state index in [0.29, 0.717) is 18.1 Å². The third kappa shape index (κ3) is 4.08. The number of aryl methyl sites for hydroxylation is 2. The highest BCUT2D eigenvalue weighted by Crippen LogP contribution is 2.39. The second-order valence-electron chi connectivity index (χ2n) is 8.43. The van der Waals surface area contributed by atoms with Crippen LogP contribution in [-0.2, 0) is 24.9 Å². The molecular weight excluding hydrogens is 338 g/mol. The van der Waals surface area contributed by atoms with Gasteiger partial charge in [-0.2, -0.15) is 5.10 Å². The Morgan fingerprint density at radius 3 is 2.85 bits per heavy atom. The first-order chi connectivity index (χ1) is 13.0. The lowest BCUT2D eigenvalue weighted by Crippen LogP contribution is -2.71. The molecule has 6 nitrogen and oxygen atoms in total. The van der Waals surface area contributed by atoms with Gasteiger partial charge in [0.25, 0.3) is 0 Å². The van der Waals surface area contributed by atoms with E-state index in [0.717, 1.165) is 37.5 Å². The van der Waals surface area contributed by atoms with Gasteiger partial charge in [0.2, 0.25) is 0 Å². The van der Waals surface area contributed by atoms with Crippen molar-refractivity contribution in [3.63, 3.8) is 0 Å². The zero-order valence-electron chi connectivity index (χ0n) is 16.8. The van der Waals surface area contributed by atoms with Crippen molar-refractivity contribution < 1.29 is 4.74 Å². The second kappa shape index (κ2) is 7.70. The second-order valence-corrected chi connectivity index (χ2v) is 8.43. The van der Waals surface area contributed by atoms with E-state index < -0.39 is 0 Å². The molecule has 27 heavy (non-hydrogen) atoms. The quantitative estimate of drug-likeness (QED) is 0.781. The Bertz CT molecular complexity index is 753. The van der Waals surface area contributed by atoms with Crippen LogP contribution in [0, 0.1) is 12.8 Å². The lowest BCUT2D eigenvalue weighted by atomic mass is 9.75. The first-order valence-corrected chi connectivity index (χ1v) is 9.94. The number of hydrogen-bond donors (Lipinski definition) is 0. The number of likely N-dealkylation sites (tertiary alicyclic amines) is 2. The van der Waals surface area contributed by atoms with E-state index in [1.807, 2.05) is 24.0 Å². The molecule has 1 spiro atoms. The van der Waals surface area contributed by atoms with Crippen LogP contribution in [0.5, 0.6) is 0 Å². The minimum atomic E-state index is 0.328. The van der Waals surface area contributed by atoms with Gasteiger partial charge in [-0.15, -0.1) is 0 Å². The Labute approximate surface area is 162 Å². The average Bonchev–Trinajstić information content (AvgIpc) is 2.94. The molecule has 0 saturated carbocycles. The molecule has 4 rings (SSSR count). The standard InChI is InChI=1S/C21H31N5O/c1-17-9-20(25(3)23-17)12-26-15-21(16-26)10-18(6-8-24(21)2)13-27-14-19-5-4-7-22-11-19/h4-5,7,9,11,18H,6,8,10,12-16H2,1-3H3/t18-/m1/s1. The number of ether oxygens (including phenoxy) is 1. The maximum absolute atomic E-state index is 6.01. The van der Waals surface area contributed by atoms with Gasteiger partial charge in [-0.25, -0.2) is 0 Å². The minimum absolute atomic E-state index is 0.328. The highest BCUT2D eigenvalue weighted by Gasteiger charge is 2.49. The van der Waals surface area contributed by atoms with Crippen LogP contribution in [-0.4, -0.2) is 63.4 Å². The summed E-state index contributed by atoms with van der Waals surface area (Å²) in [6.45, 7) is 8.03. The van der Waals surface area contributed by atoms with E-state index in [2.05, 4.69) is 46.0 Å². The molecule has 4 heterocycles. The molecule has 2 aliphatic rings. The predicted molar refractivity (Wildman–Crippen MR) is 105 cm³/mol. The number of nitrogens with zero attached hydrogens (tertiary/aromatic N) is 5. The van der Waals surface area contributed by atoms with E-state index >= 15 is 0 Å². The fraction of sp³-hybridized carbons (Fsp3) is 0.619. The van der Waals surface area contributed by atoms with Crippen LogP contribution in [0.15, 0.2) is 30.6 Å². The van der Waals surface area contributed by atoms with Gasteiger partial charge >= 0.3 is 0 Å². The maximum Gasteiger partial charge on any atom is 0.0731 e. The number of hydrogen-bond acceptors (Lipinski definition) is 5. The molecule has 146 valence electrons. The third-order valence-electron chi connectivity index (χ3n) is 6.22. The first-order valence-electron chi connectivity index (χ1n) is 9.94.